The van der Waals surface area contributed by atoms with Crippen molar-refractivity contribution in [1.82, 2.24) is 15.5 Å². The van der Waals surface area contributed by atoms with Crippen molar-refractivity contribution in [3.63, 3.8) is 0 Å². The molecule has 0 saturated carbocycles. The molecule has 8 heteroatoms. The molecule has 1 aromatic carbocycles. The predicted octanol–water partition coefficient (Wildman–Crippen LogP) is 1.19. The Balaban J connectivity index is 2.41. The van der Waals surface area contributed by atoms with Crippen molar-refractivity contribution in [2.75, 3.05) is 11.8 Å². The minimum absolute atomic E-state index is 0.0762. The number of carbonyl (C=O) groups is 1. The molecule has 7 nitrogen and oxygen atoms in total. The summed E-state index contributed by atoms with van der Waals surface area (Å²) in [5.41, 5.74) is 1.78. The Hall–Kier alpha value is -2.35. The molecule has 0 aliphatic carbocycles. The summed E-state index contributed by atoms with van der Waals surface area (Å²) in [5.74, 6) is -0.270. The van der Waals surface area contributed by atoms with Crippen LogP contribution >= 0.6 is 0 Å². The molecule has 2 aromatic rings. The molecule has 2 rings (SSSR count). The quantitative estimate of drug-likeness (QED) is 0.789. The molecule has 0 fully saturated rings. The summed E-state index contributed by atoms with van der Waals surface area (Å²) in [5, 5.41) is 8.80. The first kappa shape index (κ1) is 15.0. The zero-order chi connectivity index (χ0) is 15.6. The van der Waals surface area contributed by atoms with Gasteiger partial charge in [0.05, 0.1) is 17.6 Å². The Kier molecular flexibility index (Phi) is 3.99. The minimum atomic E-state index is -3.75. The number of sulfonamides is 1. The van der Waals surface area contributed by atoms with Gasteiger partial charge in [-0.1, -0.05) is 6.07 Å². The summed E-state index contributed by atoms with van der Waals surface area (Å²) in [7, 11) is -2.23. The average Bonchev–Trinajstić information content (AvgIpc) is 2.87. The molecule has 0 unspecified atom stereocenters. The van der Waals surface area contributed by atoms with E-state index in [1.807, 2.05) is 0 Å². The fraction of sp³-hybridized carbons (Fsp3) is 0.231. The van der Waals surface area contributed by atoms with Gasteiger partial charge in [-0.15, -0.1) is 0 Å². The van der Waals surface area contributed by atoms with Gasteiger partial charge in [0.25, 0.3) is 15.9 Å². The second kappa shape index (κ2) is 5.57. The lowest BCUT2D eigenvalue weighted by molar-refractivity contribution is 0.0962. The Bertz CT molecular complexity index is 780. The maximum absolute atomic E-state index is 12.3. The van der Waals surface area contributed by atoms with E-state index in [1.54, 1.807) is 32.0 Å². The van der Waals surface area contributed by atoms with Gasteiger partial charge in [0.1, 0.15) is 4.90 Å². The number of nitrogens with zero attached hydrogens (tertiary/aromatic N) is 1. The van der Waals surface area contributed by atoms with Crippen LogP contribution in [0.2, 0.25) is 0 Å². The van der Waals surface area contributed by atoms with Gasteiger partial charge in [-0.3, -0.25) is 14.6 Å². The van der Waals surface area contributed by atoms with E-state index in [0.29, 0.717) is 22.5 Å². The molecule has 0 bridgehead atoms. The van der Waals surface area contributed by atoms with Crippen molar-refractivity contribution in [1.29, 1.82) is 0 Å². The zero-order valence-electron chi connectivity index (χ0n) is 11.9. The first-order chi connectivity index (χ1) is 9.86. The van der Waals surface area contributed by atoms with Crippen molar-refractivity contribution >= 4 is 21.6 Å². The van der Waals surface area contributed by atoms with Crippen LogP contribution in [0, 0.1) is 13.8 Å². The number of H-pyrrole nitrogens is 1. The van der Waals surface area contributed by atoms with Crippen LogP contribution in [-0.2, 0) is 10.0 Å². The number of benzene rings is 1. The van der Waals surface area contributed by atoms with E-state index in [4.69, 9.17) is 0 Å². The summed E-state index contributed by atoms with van der Waals surface area (Å²) in [4.78, 5) is 11.8. The Morgan fingerprint density at radius 1 is 1.29 bits per heavy atom. The monoisotopic (exact) mass is 308 g/mol. The molecule has 0 radical (unpaired) electrons. The third kappa shape index (κ3) is 2.89. The topological polar surface area (TPSA) is 104 Å². The highest BCUT2D eigenvalue weighted by Gasteiger charge is 2.20. The van der Waals surface area contributed by atoms with E-state index in [1.165, 1.54) is 13.2 Å². The SMILES string of the molecule is CNC(=O)c1cccc(NS(=O)(=O)c2cn[nH]c2C)c1C. The number of anilines is 1. The van der Waals surface area contributed by atoms with E-state index >= 15 is 0 Å². The van der Waals surface area contributed by atoms with Crippen LogP contribution < -0.4 is 10.0 Å². The number of aromatic nitrogens is 2. The lowest BCUT2D eigenvalue weighted by atomic mass is 10.1. The molecule has 0 aliphatic rings. The summed E-state index contributed by atoms with van der Waals surface area (Å²) in [6.45, 7) is 3.31. The van der Waals surface area contributed by atoms with Gasteiger partial charge in [0.15, 0.2) is 0 Å². The first-order valence-corrected chi connectivity index (χ1v) is 7.69. The number of aromatic amines is 1. The van der Waals surface area contributed by atoms with Crippen LogP contribution in [0.25, 0.3) is 0 Å². The number of amides is 1. The van der Waals surface area contributed by atoms with E-state index in [9.17, 15) is 13.2 Å². The summed E-state index contributed by atoms with van der Waals surface area (Å²) in [6, 6.07) is 4.86. The maximum atomic E-state index is 12.3. The fourth-order valence-corrected chi connectivity index (χ4v) is 3.20. The van der Waals surface area contributed by atoms with Crippen LogP contribution in [-0.4, -0.2) is 31.6 Å². The lowest BCUT2D eigenvalue weighted by Gasteiger charge is -2.12. The largest absolute Gasteiger partial charge is 0.355 e. The van der Waals surface area contributed by atoms with E-state index in [-0.39, 0.29) is 10.8 Å². The minimum Gasteiger partial charge on any atom is -0.355 e. The summed E-state index contributed by atoms with van der Waals surface area (Å²) < 4.78 is 27.1. The third-order valence-electron chi connectivity index (χ3n) is 3.12. The van der Waals surface area contributed by atoms with Gasteiger partial charge in [-0.05, 0) is 31.5 Å². The van der Waals surface area contributed by atoms with Crippen LogP contribution in [0.15, 0.2) is 29.3 Å². The number of hydrogen-bond acceptors (Lipinski definition) is 4. The van der Waals surface area contributed by atoms with E-state index < -0.39 is 10.0 Å². The highest BCUT2D eigenvalue weighted by Crippen LogP contribution is 2.23. The third-order valence-corrected chi connectivity index (χ3v) is 4.60. The van der Waals surface area contributed by atoms with Gasteiger partial charge in [0, 0.05) is 12.6 Å². The Labute approximate surface area is 122 Å². The van der Waals surface area contributed by atoms with Crippen LogP contribution in [0.4, 0.5) is 5.69 Å². The second-order valence-electron chi connectivity index (χ2n) is 4.52. The van der Waals surface area contributed by atoms with Gasteiger partial charge < -0.3 is 5.32 Å². The smallest absolute Gasteiger partial charge is 0.265 e. The standard InChI is InChI=1S/C13H16N4O3S/c1-8-10(13(18)14-3)5-4-6-11(8)17-21(19,20)12-7-15-16-9(12)2/h4-7,17H,1-3H3,(H,14,18)(H,15,16). The van der Waals surface area contributed by atoms with Gasteiger partial charge >= 0.3 is 0 Å². The van der Waals surface area contributed by atoms with Gasteiger partial charge in [-0.2, -0.15) is 5.10 Å². The first-order valence-electron chi connectivity index (χ1n) is 6.21. The molecule has 0 atom stereocenters. The van der Waals surface area contributed by atoms with Crippen molar-refractivity contribution in [3.8, 4) is 0 Å². The van der Waals surface area contributed by atoms with Gasteiger partial charge in [-0.25, -0.2) is 8.42 Å². The number of carbonyl (C=O) groups excluding carboxylic acids is 1. The lowest BCUT2D eigenvalue weighted by Crippen LogP contribution is -2.20. The van der Waals surface area contributed by atoms with Crippen LogP contribution in [0.3, 0.4) is 0 Å². The maximum Gasteiger partial charge on any atom is 0.265 e. The normalized spacial score (nSPS) is 11.2. The molecule has 1 aromatic heterocycles. The van der Waals surface area contributed by atoms with Crippen LogP contribution in [0.1, 0.15) is 21.6 Å². The molecular formula is C13H16N4O3S. The highest BCUT2D eigenvalue weighted by atomic mass is 32.2. The van der Waals surface area contributed by atoms with E-state index in [0.717, 1.165) is 0 Å². The molecule has 1 heterocycles. The molecule has 21 heavy (non-hydrogen) atoms. The number of rotatable bonds is 4. The van der Waals surface area contributed by atoms with Crippen molar-refractivity contribution in [3.05, 3.63) is 41.2 Å². The van der Waals surface area contributed by atoms with Crippen LogP contribution in [0.5, 0.6) is 0 Å². The molecule has 0 aliphatic heterocycles. The molecule has 112 valence electrons. The number of aryl methyl sites for hydroxylation is 1. The Morgan fingerprint density at radius 3 is 2.57 bits per heavy atom. The van der Waals surface area contributed by atoms with Crippen molar-refractivity contribution in [2.24, 2.45) is 0 Å². The summed E-state index contributed by atoms with van der Waals surface area (Å²) >= 11 is 0. The Morgan fingerprint density at radius 2 is 2.00 bits per heavy atom. The summed E-state index contributed by atoms with van der Waals surface area (Å²) in [6.07, 6.45) is 1.25. The molecule has 1 amide bonds. The van der Waals surface area contributed by atoms with E-state index in [2.05, 4.69) is 20.2 Å². The predicted molar refractivity (Wildman–Crippen MR) is 78.7 cm³/mol. The average molecular weight is 308 g/mol. The zero-order valence-corrected chi connectivity index (χ0v) is 12.7. The molecule has 0 spiro atoms. The van der Waals surface area contributed by atoms with Crippen molar-refractivity contribution < 1.29 is 13.2 Å². The second-order valence-corrected chi connectivity index (χ2v) is 6.17. The fourth-order valence-electron chi connectivity index (χ4n) is 1.94. The molecule has 3 N–H and O–H groups in total. The number of hydrogen-bond donors (Lipinski definition) is 3. The number of nitrogens with one attached hydrogen (secondary N) is 3. The van der Waals surface area contributed by atoms with Gasteiger partial charge in [0.2, 0.25) is 0 Å². The highest BCUT2D eigenvalue weighted by molar-refractivity contribution is 7.92. The molecular weight excluding hydrogens is 292 g/mol. The molecule has 0 saturated heterocycles. The van der Waals surface area contributed by atoms with Crippen molar-refractivity contribution in [2.45, 2.75) is 18.7 Å².